The molecule has 2 aromatic rings. The number of aromatic nitrogens is 1. The topological polar surface area (TPSA) is 59.1 Å². The Kier molecular flexibility index (Phi) is 3.71. The van der Waals surface area contributed by atoms with Crippen LogP contribution in [0.15, 0.2) is 24.4 Å². The summed E-state index contributed by atoms with van der Waals surface area (Å²) in [5.74, 6) is -1.00. The number of nitrogens with zero attached hydrogens (tertiary/aromatic N) is 1. The van der Waals surface area contributed by atoms with Gasteiger partial charge in [0.2, 0.25) is 0 Å². The number of nitrogens with one attached hydrogen (secondary N) is 1. The van der Waals surface area contributed by atoms with Crippen molar-refractivity contribution in [2.75, 3.05) is 5.32 Å². The van der Waals surface area contributed by atoms with E-state index in [0.717, 1.165) is 11.3 Å². The minimum absolute atomic E-state index is 0.112. The Balaban J connectivity index is 2.15. The summed E-state index contributed by atoms with van der Waals surface area (Å²) in [7, 11) is 0. The van der Waals surface area contributed by atoms with Gasteiger partial charge in [-0.1, -0.05) is 17.4 Å². The molecular weight excluding hydrogens is 267 g/mol. The van der Waals surface area contributed by atoms with E-state index in [4.69, 9.17) is 0 Å². The number of aryl methyl sites for hydroxylation is 1. The number of anilines is 1. The van der Waals surface area contributed by atoms with Gasteiger partial charge in [-0.05, 0) is 24.6 Å². The van der Waals surface area contributed by atoms with Crippen molar-refractivity contribution >= 4 is 28.2 Å². The van der Waals surface area contributed by atoms with Gasteiger partial charge in [0.05, 0.1) is 11.1 Å². The van der Waals surface area contributed by atoms with Crippen molar-refractivity contribution in [2.45, 2.75) is 13.8 Å². The highest BCUT2D eigenvalue weighted by atomic mass is 32.1. The SMILES string of the molecule is CC(=O)c1cnc(NC(=O)c2ccc(C)c(F)c2)s1. The van der Waals surface area contributed by atoms with Crippen molar-refractivity contribution in [1.29, 1.82) is 0 Å². The van der Waals surface area contributed by atoms with E-state index >= 15 is 0 Å². The molecular formula is C13H11FN2O2S. The minimum Gasteiger partial charge on any atom is -0.298 e. The van der Waals surface area contributed by atoms with E-state index < -0.39 is 11.7 Å². The zero-order chi connectivity index (χ0) is 14.0. The van der Waals surface area contributed by atoms with Crippen LogP contribution in [0.5, 0.6) is 0 Å². The molecule has 4 nitrogen and oxygen atoms in total. The van der Waals surface area contributed by atoms with Crippen LogP contribution in [0.2, 0.25) is 0 Å². The molecule has 0 fully saturated rings. The maximum Gasteiger partial charge on any atom is 0.257 e. The quantitative estimate of drug-likeness (QED) is 0.878. The van der Waals surface area contributed by atoms with Gasteiger partial charge in [-0.3, -0.25) is 14.9 Å². The lowest BCUT2D eigenvalue weighted by molar-refractivity contribution is 0.101. The van der Waals surface area contributed by atoms with Crippen LogP contribution in [0.25, 0.3) is 0 Å². The Morgan fingerprint density at radius 1 is 1.37 bits per heavy atom. The number of benzene rings is 1. The van der Waals surface area contributed by atoms with E-state index in [2.05, 4.69) is 10.3 Å². The zero-order valence-corrected chi connectivity index (χ0v) is 11.2. The van der Waals surface area contributed by atoms with Gasteiger partial charge in [0.15, 0.2) is 10.9 Å². The monoisotopic (exact) mass is 278 g/mol. The van der Waals surface area contributed by atoms with Gasteiger partial charge < -0.3 is 0 Å². The summed E-state index contributed by atoms with van der Waals surface area (Å²) >= 11 is 1.08. The summed E-state index contributed by atoms with van der Waals surface area (Å²) in [6, 6.07) is 4.24. The molecule has 1 aromatic heterocycles. The van der Waals surface area contributed by atoms with E-state index in [9.17, 15) is 14.0 Å². The number of hydrogen-bond donors (Lipinski definition) is 1. The van der Waals surface area contributed by atoms with E-state index in [1.807, 2.05) is 0 Å². The molecule has 1 N–H and O–H groups in total. The van der Waals surface area contributed by atoms with E-state index in [-0.39, 0.29) is 11.3 Å². The molecule has 0 aliphatic heterocycles. The number of rotatable bonds is 3. The lowest BCUT2D eigenvalue weighted by atomic mass is 10.1. The van der Waals surface area contributed by atoms with Gasteiger partial charge in [-0.15, -0.1) is 0 Å². The molecule has 2 rings (SSSR count). The minimum atomic E-state index is -0.455. The second kappa shape index (κ2) is 5.27. The molecule has 0 aliphatic carbocycles. The molecule has 1 aromatic carbocycles. The van der Waals surface area contributed by atoms with Crippen molar-refractivity contribution in [3.05, 3.63) is 46.2 Å². The maximum absolute atomic E-state index is 13.4. The lowest BCUT2D eigenvalue weighted by Gasteiger charge is -2.03. The second-order valence-electron chi connectivity index (χ2n) is 4.00. The summed E-state index contributed by atoms with van der Waals surface area (Å²) in [6.45, 7) is 3.05. The first-order valence-corrected chi connectivity index (χ1v) is 6.33. The Morgan fingerprint density at radius 3 is 2.68 bits per heavy atom. The third kappa shape index (κ3) is 3.03. The molecule has 0 bridgehead atoms. The number of ketones is 1. The summed E-state index contributed by atoms with van der Waals surface area (Å²) < 4.78 is 13.4. The van der Waals surface area contributed by atoms with Crippen molar-refractivity contribution in [3.8, 4) is 0 Å². The van der Waals surface area contributed by atoms with Crippen molar-refractivity contribution in [2.24, 2.45) is 0 Å². The molecule has 1 amide bonds. The molecule has 0 spiro atoms. The normalized spacial score (nSPS) is 10.3. The average molecular weight is 278 g/mol. The molecule has 6 heteroatoms. The van der Waals surface area contributed by atoms with Crippen LogP contribution in [0, 0.1) is 12.7 Å². The van der Waals surface area contributed by atoms with Crippen LogP contribution in [0.1, 0.15) is 32.5 Å². The van der Waals surface area contributed by atoms with E-state index in [1.165, 1.54) is 31.3 Å². The van der Waals surface area contributed by atoms with Crippen LogP contribution in [-0.2, 0) is 0 Å². The van der Waals surface area contributed by atoms with Crippen LogP contribution < -0.4 is 5.32 Å². The van der Waals surface area contributed by atoms with E-state index in [0.29, 0.717) is 15.6 Å². The predicted octanol–water partition coefficient (Wildman–Crippen LogP) is 3.05. The average Bonchev–Trinajstić information content (AvgIpc) is 2.81. The lowest BCUT2D eigenvalue weighted by Crippen LogP contribution is -2.12. The zero-order valence-electron chi connectivity index (χ0n) is 10.4. The van der Waals surface area contributed by atoms with Crippen molar-refractivity contribution in [3.63, 3.8) is 0 Å². The molecule has 98 valence electrons. The van der Waals surface area contributed by atoms with Crippen molar-refractivity contribution < 1.29 is 14.0 Å². The fraction of sp³-hybridized carbons (Fsp3) is 0.154. The Morgan fingerprint density at radius 2 is 2.11 bits per heavy atom. The molecule has 1 heterocycles. The molecule has 0 atom stereocenters. The highest BCUT2D eigenvalue weighted by molar-refractivity contribution is 7.17. The first kappa shape index (κ1) is 13.4. The third-order valence-corrected chi connectivity index (χ3v) is 3.52. The largest absolute Gasteiger partial charge is 0.298 e. The van der Waals surface area contributed by atoms with E-state index in [1.54, 1.807) is 6.92 Å². The third-order valence-electron chi connectivity index (χ3n) is 2.51. The van der Waals surface area contributed by atoms with Gasteiger partial charge in [-0.25, -0.2) is 9.37 Å². The number of thiazole rings is 1. The van der Waals surface area contributed by atoms with Gasteiger partial charge >= 0.3 is 0 Å². The number of carbonyl (C=O) groups excluding carboxylic acids is 2. The molecule has 0 saturated carbocycles. The van der Waals surface area contributed by atoms with Crippen LogP contribution >= 0.6 is 11.3 Å². The maximum atomic E-state index is 13.4. The van der Waals surface area contributed by atoms with Gasteiger partial charge in [-0.2, -0.15) is 0 Å². The van der Waals surface area contributed by atoms with Gasteiger partial charge in [0.25, 0.3) is 5.91 Å². The van der Waals surface area contributed by atoms with Crippen LogP contribution in [0.4, 0.5) is 9.52 Å². The number of amides is 1. The number of halogens is 1. The second-order valence-corrected chi connectivity index (χ2v) is 5.03. The smallest absolute Gasteiger partial charge is 0.257 e. The first-order chi connectivity index (χ1) is 8.97. The summed E-state index contributed by atoms with van der Waals surface area (Å²) in [4.78, 5) is 27.3. The first-order valence-electron chi connectivity index (χ1n) is 5.51. The number of carbonyl (C=O) groups is 2. The van der Waals surface area contributed by atoms with Crippen LogP contribution in [-0.4, -0.2) is 16.7 Å². The Bertz CT molecular complexity index is 652. The van der Waals surface area contributed by atoms with Crippen molar-refractivity contribution in [1.82, 2.24) is 4.98 Å². The summed E-state index contributed by atoms with van der Waals surface area (Å²) in [5.41, 5.74) is 0.687. The highest BCUT2D eigenvalue weighted by Gasteiger charge is 2.12. The summed E-state index contributed by atoms with van der Waals surface area (Å²) in [5, 5.41) is 2.85. The summed E-state index contributed by atoms with van der Waals surface area (Å²) in [6.07, 6.45) is 1.40. The number of hydrogen-bond acceptors (Lipinski definition) is 4. The Hall–Kier alpha value is -2.08. The molecule has 19 heavy (non-hydrogen) atoms. The van der Waals surface area contributed by atoms with Gasteiger partial charge in [0, 0.05) is 12.5 Å². The Labute approximate surface area is 113 Å². The van der Waals surface area contributed by atoms with Gasteiger partial charge in [0.1, 0.15) is 5.82 Å². The number of Topliss-reactive ketones (excluding diaryl/α,β-unsaturated/α-hetero) is 1. The fourth-order valence-corrected chi connectivity index (χ4v) is 2.10. The standard InChI is InChI=1S/C13H11FN2O2S/c1-7-3-4-9(5-10(7)14)12(18)16-13-15-6-11(19-13)8(2)17/h3-6H,1-2H3,(H,15,16,18). The highest BCUT2D eigenvalue weighted by Crippen LogP contribution is 2.19. The van der Waals surface area contributed by atoms with Crippen LogP contribution in [0.3, 0.4) is 0 Å². The molecule has 0 aliphatic rings. The molecule has 0 radical (unpaired) electrons. The predicted molar refractivity (Wildman–Crippen MR) is 71.2 cm³/mol. The fourth-order valence-electron chi connectivity index (χ4n) is 1.40. The molecule has 0 saturated heterocycles. The molecule has 0 unspecified atom stereocenters.